The Morgan fingerprint density at radius 3 is 2.45 bits per heavy atom. The summed E-state index contributed by atoms with van der Waals surface area (Å²) in [6, 6.07) is 7.15. The zero-order valence-corrected chi connectivity index (χ0v) is 11.0. The second kappa shape index (κ2) is 6.38. The third-order valence-electron chi connectivity index (χ3n) is 3.24. The van der Waals surface area contributed by atoms with Crippen molar-refractivity contribution in [2.75, 3.05) is 13.2 Å². The molecule has 1 saturated carbocycles. The van der Waals surface area contributed by atoms with E-state index >= 15 is 0 Å². The standard InChI is InChI=1S/C14H18N2O4/c17-9-8-16(11-6-7-11)14(20)15-12(13(18)19)10-4-2-1-3-5-10/h1-5,11-12,17H,6-9H2,(H,15,20)(H,18,19). The van der Waals surface area contributed by atoms with Crippen molar-refractivity contribution in [2.24, 2.45) is 0 Å². The lowest BCUT2D eigenvalue weighted by Gasteiger charge is -2.24. The van der Waals surface area contributed by atoms with E-state index < -0.39 is 18.0 Å². The van der Waals surface area contributed by atoms with Crippen LogP contribution in [0.25, 0.3) is 0 Å². The van der Waals surface area contributed by atoms with E-state index in [9.17, 15) is 14.7 Å². The zero-order chi connectivity index (χ0) is 14.5. The van der Waals surface area contributed by atoms with E-state index in [1.54, 1.807) is 30.3 Å². The van der Waals surface area contributed by atoms with Crippen LogP contribution in [0.15, 0.2) is 30.3 Å². The minimum absolute atomic E-state index is 0.118. The molecule has 0 radical (unpaired) electrons. The van der Waals surface area contributed by atoms with E-state index in [1.165, 1.54) is 4.90 Å². The Kier molecular flexibility index (Phi) is 4.57. The van der Waals surface area contributed by atoms with Crippen molar-refractivity contribution >= 4 is 12.0 Å². The van der Waals surface area contributed by atoms with Crippen LogP contribution in [-0.4, -0.2) is 46.3 Å². The summed E-state index contributed by atoms with van der Waals surface area (Å²) < 4.78 is 0. The van der Waals surface area contributed by atoms with Crippen molar-refractivity contribution in [3.05, 3.63) is 35.9 Å². The number of carbonyl (C=O) groups excluding carboxylic acids is 1. The normalized spacial score (nSPS) is 15.4. The first kappa shape index (κ1) is 14.3. The van der Waals surface area contributed by atoms with Crippen molar-refractivity contribution in [1.29, 1.82) is 0 Å². The number of amides is 2. The van der Waals surface area contributed by atoms with Crippen LogP contribution in [-0.2, 0) is 4.79 Å². The number of hydrogen-bond donors (Lipinski definition) is 3. The fourth-order valence-electron chi connectivity index (χ4n) is 2.08. The highest BCUT2D eigenvalue weighted by Gasteiger charge is 2.34. The van der Waals surface area contributed by atoms with Crippen LogP contribution in [0.5, 0.6) is 0 Å². The molecule has 0 saturated heterocycles. The Balaban J connectivity index is 2.07. The molecule has 1 fully saturated rings. The maximum Gasteiger partial charge on any atom is 0.330 e. The lowest BCUT2D eigenvalue weighted by Crippen LogP contribution is -2.45. The molecule has 0 spiro atoms. The Morgan fingerprint density at radius 2 is 1.95 bits per heavy atom. The van der Waals surface area contributed by atoms with Crippen LogP contribution in [0.4, 0.5) is 4.79 Å². The highest BCUT2D eigenvalue weighted by molar-refractivity contribution is 5.84. The van der Waals surface area contributed by atoms with Gasteiger partial charge in [-0.2, -0.15) is 0 Å². The van der Waals surface area contributed by atoms with Crippen molar-refractivity contribution < 1.29 is 19.8 Å². The van der Waals surface area contributed by atoms with Gasteiger partial charge in [0, 0.05) is 12.6 Å². The quantitative estimate of drug-likeness (QED) is 0.723. The number of urea groups is 1. The van der Waals surface area contributed by atoms with E-state index in [-0.39, 0.29) is 19.2 Å². The molecule has 6 heteroatoms. The maximum absolute atomic E-state index is 12.1. The predicted octanol–water partition coefficient (Wildman–Crippen LogP) is 0.979. The number of nitrogens with zero attached hydrogens (tertiary/aromatic N) is 1. The predicted molar refractivity (Wildman–Crippen MR) is 72.2 cm³/mol. The van der Waals surface area contributed by atoms with Gasteiger partial charge in [-0.25, -0.2) is 9.59 Å². The molecule has 0 aliphatic heterocycles. The number of nitrogens with one attached hydrogen (secondary N) is 1. The fourth-order valence-corrected chi connectivity index (χ4v) is 2.08. The van der Waals surface area contributed by atoms with Gasteiger partial charge in [0.25, 0.3) is 0 Å². The average Bonchev–Trinajstić information content (AvgIpc) is 3.27. The summed E-state index contributed by atoms with van der Waals surface area (Å²) in [6.07, 6.45) is 1.80. The Morgan fingerprint density at radius 1 is 1.30 bits per heavy atom. The molecule has 1 unspecified atom stereocenters. The largest absolute Gasteiger partial charge is 0.479 e. The number of aliphatic hydroxyl groups excluding tert-OH is 1. The molecule has 108 valence electrons. The van der Waals surface area contributed by atoms with Gasteiger partial charge in [-0.15, -0.1) is 0 Å². The van der Waals surface area contributed by atoms with E-state index in [2.05, 4.69) is 5.32 Å². The molecule has 3 N–H and O–H groups in total. The molecular weight excluding hydrogens is 260 g/mol. The number of aliphatic carboxylic acids is 1. The molecule has 20 heavy (non-hydrogen) atoms. The van der Waals surface area contributed by atoms with Crippen LogP contribution in [0.3, 0.4) is 0 Å². The van der Waals surface area contributed by atoms with Crippen molar-refractivity contribution in [2.45, 2.75) is 24.9 Å². The first-order chi connectivity index (χ1) is 9.63. The molecule has 0 aromatic heterocycles. The molecule has 1 aliphatic rings. The summed E-state index contributed by atoms with van der Waals surface area (Å²) in [5, 5.41) is 20.8. The van der Waals surface area contributed by atoms with E-state index in [0.29, 0.717) is 5.56 Å². The molecular formula is C14H18N2O4. The third-order valence-corrected chi connectivity index (χ3v) is 3.24. The van der Waals surface area contributed by atoms with Crippen LogP contribution in [0.1, 0.15) is 24.4 Å². The van der Waals surface area contributed by atoms with Gasteiger partial charge in [-0.1, -0.05) is 30.3 Å². The lowest BCUT2D eigenvalue weighted by molar-refractivity contribution is -0.139. The van der Waals surface area contributed by atoms with Gasteiger partial charge in [-0.05, 0) is 18.4 Å². The van der Waals surface area contributed by atoms with Gasteiger partial charge in [0.15, 0.2) is 6.04 Å². The van der Waals surface area contributed by atoms with Crippen molar-refractivity contribution in [3.8, 4) is 0 Å². The summed E-state index contributed by atoms with van der Waals surface area (Å²) in [7, 11) is 0. The number of aliphatic hydroxyl groups is 1. The van der Waals surface area contributed by atoms with Gasteiger partial charge < -0.3 is 20.4 Å². The molecule has 1 atom stereocenters. The molecule has 0 bridgehead atoms. The number of carbonyl (C=O) groups is 2. The first-order valence-electron chi connectivity index (χ1n) is 6.59. The Labute approximate surface area is 117 Å². The minimum atomic E-state index is -1.11. The van der Waals surface area contributed by atoms with E-state index in [4.69, 9.17) is 5.11 Å². The number of benzene rings is 1. The third kappa shape index (κ3) is 3.48. The Hall–Kier alpha value is -2.08. The monoisotopic (exact) mass is 278 g/mol. The summed E-state index contributed by atoms with van der Waals surface area (Å²) in [5.41, 5.74) is 0.521. The number of carboxylic acid groups (broad SMARTS) is 1. The molecule has 2 amide bonds. The average molecular weight is 278 g/mol. The summed E-state index contributed by atoms with van der Waals surface area (Å²) in [4.78, 5) is 25.0. The van der Waals surface area contributed by atoms with Gasteiger partial charge >= 0.3 is 12.0 Å². The van der Waals surface area contributed by atoms with Crippen LogP contribution >= 0.6 is 0 Å². The van der Waals surface area contributed by atoms with Crippen LogP contribution in [0, 0.1) is 0 Å². The highest BCUT2D eigenvalue weighted by atomic mass is 16.4. The molecule has 2 rings (SSSR count). The number of carboxylic acids is 1. The van der Waals surface area contributed by atoms with Crippen molar-refractivity contribution in [3.63, 3.8) is 0 Å². The summed E-state index contributed by atoms with van der Waals surface area (Å²) >= 11 is 0. The molecule has 6 nitrogen and oxygen atoms in total. The van der Waals surface area contributed by atoms with Crippen LogP contribution in [0.2, 0.25) is 0 Å². The van der Waals surface area contributed by atoms with E-state index in [1.807, 2.05) is 0 Å². The number of hydrogen-bond acceptors (Lipinski definition) is 3. The smallest absolute Gasteiger partial charge is 0.330 e. The summed E-state index contributed by atoms with van der Waals surface area (Å²) in [5.74, 6) is -1.11. The van der Waals surface area contributed by atoms with Gasteiger partial charge in [0.1, 0.15) is 0 Å². The van der Waals surface area contributed by atoms with Gasteiger partial charge in [0.2, 0.25) is 0 Å². The topological polar surface area (TPSA) is 89.9 Å². The second-order valence-electron chi connectivity index (χ2n) is 4.78. The number of rotatable bonds is 6. The van der Waals surface area contributed by atoms with Crippen molar-refractivity contribution in [1.82, 2.24) is 10.2 Å². The van der Waals surface area contributed by atoms with Crippen LogP contribution < -0.4 is 5.32 Å². The highest BCUT2D eigenvalue weighted by Crippen LogP contribution is 2.27. The lowest BCUT2D eigenvalue weighted by atomic mass is 10.1. The second-order valence-corrected chi connectivity index (χ2v) is 4.78. The molecule has 0 heterocycles. The van der Waals surface area contributed by atoms with Gasteiger partial charge in [-0.3, -0.25) is 0 Å². The zero-order valence-electron chi connectivity index (χ0n) is 11.0. The minimum Gasteiger partial charge on any atom is -0.479 e. The first-order valence-corrected chi connectivity index (χ1v) is 6.59. The van der Waals surface area contributed by atoms with E-state index in [0.717, 1.165) is 12.8 Å². The summed E-state index contributed by atoms with van der Waals surface area (Å²) in [6.45, 7) is 0.0879. The fraction of sp³-hybridized carbons (Fsp3) is 0.429. The van der Waals surface area contributed by atoms with Gasteiger partial charge in [0.05, 0.1) is 6.61 Å². The Bertz CT molecular complexity index is 473. The maximum atomic E-state index is 12.1. The molecule has 1 aromatic carbocycles. The SMILES string of the molecule is O=C(O)C(NC(=O)N(CCO)C1CC1)c1ccccc1. The molecule has 1 aliphatic carbocycles. The molecule has 1 aromatic rings.